The summed E-state index contributed by atoms with van der Waals surface area (Å²) in [7, 11) is 0. The third-order valence-corrected chi connectivity index (χ3v) is 4.23. The van der Waals surface area contributed by atoms with E-state index in [9.17, 15) is 4.79 Å². The average Bonchev–Trinajstić information content (AvgIpc) is 2.68. The zero-order chi connectivity index (χ0) is 13.0. The van der Waals surface area contributed by atoms with Gasteiger partial charge in [-0.15, -0.1) is 6.58 Å². The molecule has 3 heteroatoms. The van der Waals surface area contributed by atoms with E-state index in [0.717, 1.165) is 19.4 Å². The number of piperidine rings is 1. The maximum absolute atomic E-state index is 12.3. The SMILES string of the molecule is C=CCN(CCC)C(=O)CC1CC2CCC(C1)N2. The Balaban J connectivity index is 1.83. The Hall–Kier alpha value is -0.830. The van der Waals surface area contributed by atoms with Gasteiger partial charge in [-0.2, -0.15) is 0 Å². The zero-order valence-corrected chi connectivity index (χ0v) is 11.5. The van der Waals surface area contributed by atoms with Crippen LogP contribution in [0.15, 0.2) is 12.7 Å². The standard InChI is InChI=1S/C15H26N2O/c1-3-7-17(8-4-2)15(18)11-12-9-13-5-6-14(10-12)16-13/h3,12-14,16H,1,4-11H2,2H3. The molecule has 2 heterocycles. The lowest BCUT2D eigenvalue weighted by Crippen LogP contribution is -2.40. The van der Waals surface area contributed by atoms with Crippen LogP contribution in [-0.4, -0.2) is 36.0 Å². The minimum absolute atomic E-state index is 0.322. The molecule has 2 rings (SSSR count). The summed E-state index contributed by atoms with van der Waals surface area (Å²) in [5.41, 5.74) is 0. The van der Waals surface area contributed by atoms with Crippen molar-refractivity contribution in [1.29, 1.82) is 0 Å². The largest absolute Gasteiger partial charge is 0.339 e. The summed E-state index contributed by atoms with van der Waals surface area (Å²) in [4.78, 5) is 14.2. The number of carbonyl (C=O) groups excluding carboxylic acids is 1. The van der Waals surface area contributed by atoms with E-state index < -0.39 is 0 Å². The van der Waals surface area contributed by atoms with Crippen LogP contribution >= 0.6 is 0 Å². The van der Waals surface area contributed by atoms with Crippen molar-refractivity contribution in [2.45, 2.75) is 57.5 Å². The van der Waals surface area contributed by atoms with Gasteiger partial charge in [-0.1, -0.05) is 13.0 Å². The van der Waals surface area contributed by atoms with Gasteiger partial charge in [0.1, 0.15) is 0 Å². The lowest BCUT2D eigenvalue weighted by atomic mass is 9.89. The molecule has 2 aliphatic rings. The number of hydrogen-bond acceptors (Lipinski definition) is 2. The number of nitrogens with zero attached hydrogens (tertiary/aromatic N) is 1. The second kappa shape index (κ2) is 6.37. The van der Waals surface area contributed by atoms with Crippen LogP contribution in [0.3, 0.4) is 0 Å². The third kappa shape index (κ3) is 3.35. The third-order valence-electron chi connectivity index (χ3n) is 4.23. The first kappa shape index (κ1) is 13.6. The van der Waals surface area contributed by atoms with Crippen LogP contribution in [0.25, 0.3) is 0 Å². The highest BCUT2D eigenvalue weighted by Gasteiger charge is 2.34. The predicted molar refractivity (Wildman–Crippen MR) is 74.4 cm³/mol. The molecule has 18 heavy (non-hydrogen) atoms. The molecule has 2 saturated heterocycles. The molecular weight excluding hydrogens is 224 g/mol. The van der Waals surface area contributed by atoms with Gasteiger partial charge < -0.3 is 10.2 Å². The highest BCUT2D eigenvalue weighted by atomic mass is 16.2. The van der Waals surface area contributed by atoms with Crippen molar-refractivity contribution in [1.82, 2.24) is 10.2 Å². The molecule has 0 radical (unpaired) electrons. The van der Waals surface area contributed by atoms with E-state index in [1.54, 1.807) is 0 Å². The summed E-state index contributed by atoms with van der Waals surface area (Å²) in [6, 6.07) is 1.36. The molecular formula is C15H26N2O. The fourth-order valence-corrected chi connectivity index (χ4v) is 3.46. The van der Waals surface area contributed by atoms with Crippen LogP contribution in [0.4, 0.5) is 0 Å². The molecule has 2 aliphatic heterocycles. The van der Waals surface area contributed by atoms with Crippen molar-refractivity contribution in [3.63, 3.8) is 0 Å². The van der Waals surface area contributed by atoms with Crippen molar-refractivity contribution in [3.05, 3.63) is 12.7 Å². The molecule has 0 spiro atoms. The Kier molecular flexibility index (Phi) is 4.81. The maximum atomic E-state index is 12.3. The monoisotopic (exact) mass is 250 g/mol. The molecule has 2 unspecified atom stereocenters. The summed E-state index contributed by atoms with van der Waals surface area (Å²) in [5.74, 6) is 0.920. The molecule has 0 aromatic rings. The lowest BCUT2D eigenvalue weighted by molar-refractivity contribution is -0.132. The van der Waals surface area contributed by atoms with Crippen molar-refractivity contribution < 1.29 is 4.79 Å². The first-order chi connectivity index (χ1) is 8.72. The topological polar surface area (TPSA) is 32.3 Å². The number of nitrogens with one attached hydrogen (secondary N) is 1. The van der Waals surface area contributed by atoms with Crippen LogP contribution in [0, 0.1) is 5.92 Å². The zero-order valence-electron chi connectivity index (χ0n) is 11.5. The fraction of sp³-hybridized carbons (Fsp3) is 0.800. The molecule has 2 bridgehead atoms. The Morgan fingerprint density at radius 1 is 1.39 bits per heavy atom. The summed E-state index contributed by atoms with van der Waals surface area (Å²) in [6.07, 6.45) is 8.59. The Morgan fingerprint density at radius 2 is 2.06 bits per heavy atom. The van der Waals surface area contributed by atoms with Crippen LogP contribution in [0.2, 0.25) is 0 Å². The summed E-state index contributed by atoms with van der Waals surface area (Å²) >= 11 is 0. The quantitative estimate of drug-likeness (QED) is 0.734. The molecule has 0 aromatic heterocycles. The van der Waals surface area contributed by atoms with Crippen LogP contribution in [0.5, 0.6) is 0 Å². The molecule has 2 fully saturated rings. The van der Waals surface area contributed by atoms with Gasteiger partial charge in [0.05, 0.1) is 0 Å². The second-order valence-corrected chi connectivity index (χ2v) is 5.81. The maximum Gasteiger partial charge on any atom is 0.223 e. The molecule has 1 amide bonds. The molecule has 2 atom stereocenters. The molecule has 0 aliphatic carbocycles. The fourth-order valence-electron chi connectivity index (χ4n) is 3.46. The van der Waals surface area contributed by atoms with E-state index in [4.69, 9.17) is 0 Å². The number of fused-ring (bicyclic) bond motifs is 2. The van der Waals surface area contributed by atoms with Crippen molar-refractivity contribution in [2.24, 2.45) is 5.92 Å². The minimum atomic E-state index is 0.322. The minimum Gasteiger partial charge on any atom is -0.339 e. The van der Waals surface area contributed by atoms with Crippen molar-refractivity contribution >= 4 is 5.91 Å². The summed E-state index contributed by atoms with van der Waals surface area (Å²) in [5, 5.41) is 3.63. The second-order valence-electron chi connectivity index (χ2n) is 5.81. The van der Waals surface area contributed by atoms with E-state index in [-0.39, 0.29) is 0 Å². The smallest absolute Gasteiger partial charge is 0.223 e. The summed E-state index contributed by atoms with van der Waals surface area (Å²) < 4.78 is 0. The molecule has 102 valence electrons. The van der Waals surface area contributed by atoms with Gasteiger partial charge >= 0.3 is 0 Å². The van der Waals surface area contributed by atoms with Crippen molar-refractivity contribution in [3.8, 4) is 0 Å². The van der Waals surface area contributed by atoms with Gasteiger partial charge in [0.2, 0.25) is 5.91 Å². The van der Waals surface area contributed by atoms with E-state index in [1.807, 2.05) is 11.0 Å². The number of carbonyl (C=O) groups is 1. The average molecular weight is 250 g/mol. The van der Waals surface area contributed by atoms with Gasteiger partial charge in [-0.25, -0.2) is 0 Å². The Labute approximate surface area is 111 Å². The van der Waals surface area contributed by atoms with Crippen LogP contribution < -0.4 is 5.32 Å². The molecule has 3 nitrogen and oxygen atoms in total. The van der Waals surface area contributed by atoms with Gasteiger partial charge in [0.15, 0.2) is 0 Å². The Morgan fingerprint density at radius 3 is 2.61 bits per heavy atom. The lowest BCUT2D eigenvalue weighted by Gasteiger charge is -2.30. The first-order valence-corrected chi connectivity index (χ1v) is 7.37. The molecule has 1 N–H and O–H groups in total. The van der Waals surface area contributed by atoms with Gasteiger partial charge in [-0.05, 0) is 38.0 Å². The van der Waals surface area contributed by atoms with E-state index in [2.05, 4.69) is 18.8 Å². The normalized spacial score (nSPS) is 30.2. The van der Waals surface area contributed by atoms with Gasteiger partial charge in [0.25, 0.3) is 0 Å². The molecule has 0 aromatic carbocycles. The first-order valence-electron chi connectivity index (χ1n) is 7.37. The van der Waals surface area contributed by atoms with E-state index in [1.165, 1.54) is 25.7 Å². The highest BCUT2D eigenvalue weighted by molar-refractivity contribution is 5.76. The van der Waals surface area contributed by atoms with Crippen LogP contribution in [-0.2, 0) is 4.79 Å². The highest BCUT2D eigenvalue weighted by Crippen LogP contribution is 2.32. The van der Waals surface area contributed by atoms with E-state index in [0.29, 0.717) is 30.5 Å². The number of amides is 1. The molecule has 0 saturated carbocycles. The predicted octanol–water partition coefficient (Wildman–Crippen LogP) is 2.33. The Bertz CT molecular complexity index is 291. The van der Waals surface area contributed by atoms with Gasteiger partial charge in [0, 0.05) is 31.6 Å². The van der Waals surface area contributed by atoms with Crippen molar-refractivity contribution in [2.75, 3.05) is 13.1 Å². The number of hydrogen-bond donors (Lipinski definition) is 1. The van der Waals surface area contributed by atoms with Gasteiger partial charge in [-0.3, -0.25) is 4.79 Å². The van der Waals surface area contributed by atoms with E-state index >= 15 is 0 Å². The summed E-state index contributed by atoms with van der Waals surface area (Å²) in [6.45, 7) is 7.42. The number of rotatable bonds is 6. The van der Waals surface area contributed by atoms with Crippen LogP contribution in [0.1, 0.15) is 45.4 Å².